The molecule has 0 aliphatic rings. The minimum atomic E-state index is -3.86. The Morgan fingerprint density at radius 2 is 2.04 bits per heavy atom. The van der Waals surface area contributed by atoms with Crippen LogP contribution in [0, 0.1) is 0 Å². The molecule has 0 saturated carbocycles. The fraction of sp³-hybridized carbons (Fsp3) is 0.400. The topological polar surface area (TPSA) is 114 Å². The molecule has 0 spiro atoms. The molecule has 136 valence electrons. The second-order valence-electron chi connectivity index (χ2n) is 5.20. The van der Waals surface area contributed by atoms with Gasteiger partial charge in [-0.25, -0.2) is 17.9 Å². The second kappa shape index (κ2) is 8.86. The fourth-order valence-corrected chi connectivity index (χ4v) is 3.43. The molecule has 0 bridgehead atoms. The highest BCUT2D eigenvalue weighted by Gasteiger charge is 2.19. The van der Waals surface area contributed by atoms with Gasteiger partial charge in [-0.1, -0.05) is 43.3 Å². The van der Waals surface area contributed by atoms with Crippen LogP contribution < -0.4 is 10.0 Å². The first kappa shape index (κ1) is 19.3. The SMILES string of the molecule is CCCCNC(=O)NS(=O)(=O)Cc1ccccc1-c1nnc(SC)o1. The Kier molecular flexibility index (Phi) is 6.82. The minimum absolute atomic E-state index is 0.238. The molecule has 2 rings (SSSR count). The summed E-state index contributed by atoms with van der Waals surface area (Å²) in [7, 11) is -3.86. The van der Waals surface area contributed by atoms with Crippen LogP contribution in [0.1, 0.15) is 25.3 Å². The van der Waals surface area contributed by atoms with Gasteiger partial charge in [-0.2, -0.15) is 0 Å². The molecule has 1 heterocycles. The fourth-order valence-electron chi connectivity index (χ4n) is 2.05. The van der Waals surface area contributed by atoms with E-state index in [0.29, 0.717) is 22.9 Å². The van der Waals surface area contributed by atoms with Crippen LogP contribution in [-0.4, -0.2) is 37.4 Å². The molecule has 0 unspecified atom stereocenters. The van der Waals surface area contributed by atoms with Crippen molar-refractivity contribution in [2.24, 2.45) is 0 Å². The molecule has 25 heavy (non-hydrogen) atoms. The number of carbonyl (C=O) groups is 1. The number of hydrogen-bond acceptors (Lipinski definition) is 7. The van der Waals surface area contributed by atoms with Crippen LogP contribution in [0.3, 0.4) is 0 Å². The predicted molar refractivity (Wildman–Crippen MR) is 95.6 cm³/mol. The maximum absolute atomic E-state index is 12.2. The first-order valence-corrected chi connectivity index (χ1v) is 10.6. The second-order valence-corrected chi connectivity index (χ2v) is 7.68. The highest BCUT2D eigenvalue weighted by molar-refractivity contribution is 7.98. The van der Waals surface area contributed by atoms with Crippen molar-refractivity contribution >= 4 is 27.8 Å². The van der Waals surface area contributed by atoms with Crippen molar-refractivity contribution in [1.29, 1.82) is 0 Å². The van der Waals surface area contributed by atoms with Gasteiger partial charge in [-0.05, 0) is 24.3 Å². The Bertz CT molecular complexity index is 820. The van der Waals surface area contributed by atoms with Crippen LogP contribution >= 0.6 is 11.8 Å². The van der Waals surface area contributed by atoms with Gasteiger partial charge in [0.05, 0.1) is 5.75 Å². The van der Waals surface area contributed by atoms with E-state index in [2.05, 4.69) is 15.5 Å². The van der Waals surface area contributed by atoms with E-state index in [0.717, 1.165) is 12.8 Å². The van der Waals surface area contributed by atoms with Crippen molar-refractivity contribution in [2.45, 2.75) is 30.7 Å². The number of aromatic nitrogens is 2. The summed E-state index contributed by atoms with van der Waals surface area (Å²) in [6.45, 7) is 2.40. The van der Waals surface area contributed by atoms with Crippen molar-refractivity contribution in [3.63, 3.8) is 0 Å². The van der Waals surface area contributed by atoms with Crippen LogP contribution in [0.25, 0.3) is 11.5 Å². The summed E-state index contributed by atoms with van der Waals surface area (Å²) in [4.78, 5) is 11.7. The van der Waals surface area contributed by atoms with Gasteiger partial charge in [0.25, 0.3) is 5.22 Å². The van der Waals surface area contributed by atoms with Crippen molar-refractivity contribution in [1.82, 2.24) is 20.2 Å². The molecule has 2 amide bonds. The highest BCUT2D eigenvalue weighted by Crippen LogP contribution is 2.26. The van der Waals surface area contributed by atoms with E-state index < -0.39 is 16.1 Å². The Balaban J connectivity index is 2.12. The molecular formula is C15H20N4O4S2. The number of sulfonamides is 1. The third-order valence-electron chi connectivity index (χ3n) is 3.24. The molecule has 2 N–H and O–H groups in total. The maximum Gasteiger partial charge on any atom is 0.328 e. The van der Waals surface area contributed by atoms with Gasteiger partial charge in [-0.15, -0.1) is 10.2 Å². The Morgan fingerprint density at radius 1 is 1.28 bits per heavy atom. The van der Waals surface area contributed by atoms with Gasteiger partial charge in [-0.3, -0.25) is 0 Å². The number of amides is 2. The van der Waals surface area contributed by atoms with Gasteiger partial charge in [0.2, 0.25) is 15.9 Å². The molecule has 2 aromatic rings. The molecule has 1 aromatic heterocycles. The lowest BCUT2D eigenvalue weighted by molar-refractivity contribution is 0.245. The number of benzene rings is 1. The van der Waals surface area contributed by atoms with Gasteiger partial charge >= 0.3 is 6.03 Å². The zero-order valence-electron chi connectivity index (χ0n) is 14.0. The molecule has 10 heteroatoms. The van der Waals surface area contributed by atoms with Crippen molar-refractivity contribution in [3.05, 3.63) is 29.8 Å². The number of rotatable bonds is 8. The summed E-state index contributed by atoms with van der Waals surface area (Å²) in [5.41, 5.74) is 0.986. The van der Waals surface area contributed by atoms with Crippen LogP contribution in [0.15, 0.2) is 33.9 Å². The van der Waals surface area contributed by atoms with Gasteiger partial charge in [0.1, 0.15) is 0 Å². The van der Waals surface area contributed by atoms with Crippen LogP contribution in [0.4, 0.5) is 4.79 Å². The zero-order valence-corrected chi connectivity index (χ0v) is 15.6. The largest absolute Gasteiger partial charge is 0.411 e. The molecule has 0 aliphatic heterocycles. The number of urea groups is 1. The van der Waals surface area contributed by atoms with Gasteiger partial charge in [0.15, 0.2) is 0 Å². The molecule has 0 radical (unpaired) electrons. The average Bonchev–Trinajstić information content (AvgIpc) is 3.03. The predicted octanol–water partition coefficient (Wildman–Crippen LogP) is 2.39. The quantitative estimate of drug-likeness (QED) is 0.530. The molecule has 8 nitrogen and oxygen atoms in total. The third-order valence-corrected chi connectivity index (χ3v) is 4.94. The molecule has 0 fully saturated rings. The first-order chi connectivity index (χ1) is 11.9. The number of nitrogens with one attached hydrogen (secondary N) is 2. The summed E-state index contributed by atoms with van der Waals surface area (Å²) in [5.74, 6) is -0.135. The van der Waals surface area contributed by atoms with Crippen LogP contribution in [0.5, 0.6) is 0 Å². The normalized spacial score (nSPS) is 11.3. The molecule has 0 aliphatic carbocycles. The van der Waals surface area contributed by atoms with E-state index in [4.69, 9.17) is 4.42 Å². The third kappa shape index (κ3) is 5.75. The lowest BCUT2D eigenvalue weighted by atomic mass is 10.1. The molecule has 1 aromatic carbocycles. The lowest BCUT2D eigenvalue weighted by Crippen LogP contribution is -2.40. The first-order valence-electron chi connectivity index (χ1n) is 7.69. The van der Waals surface area contributed by atoms with Gasteiger partial charge < -0.3 is 9.73 Å². The number of thioether (sulfide) groups is 1. The number of unbranched alkanes of at least 4 members (excludes halogenated alkanes) is 1. The van der Waals surface area contributed by atoms with Crippen LogP contribution in [-0.2, 0) is 15.8 Å². The number of hydrogen-bond donors (Lipinski definition) is 2. The van der Waals surface area contributed by atoms with E-state index in [-0.39, 0.29) is 11.6 Å². The number of carbonyl (C=O) groups excluding carboxylic acids is 1. The Labute approximate surface area is 150 Å². The smallest absolute Gasteiger partial charge is 0.328 e. The Hall–Kier alpha value is -2.07. The van der Waals surface area contributed by atoms with E-state index >= 15 is 0 Å². The van der Waals surface area contributed by atoms with Crippen molar-refractivity contribution in [2.75, 3.05) is 12.8 Å². The Morgan fingerprint density at radius 3 is 2.72 bits per heavy atom. The average molecular weight is 384 g/mol. The summed E-state index contributed by atoms with van der Waals surface area (Å²) >= 11 is 1.30. The number of nitrogens with zero attached hydrogens (tertiary/aromatic N) is 2. The minimum Gasteiger partial charge on any atom is -0.411 e. The van der Waals surface area contributed by atoms with Crippen molar-refractivity contribution < 1.29 is 17.6 Å². The van der Waals surface area contributed by atoms with Gasteiger partial charge in [0, 0.05) is 12.1 Å². The molecular weight excluding hydrogens is 364 g/mol. The monoisotopic (exact) mass is 384 g/mol. The van der Waals surface area contributed by atoms with E-state index in [1.54, 1.807) is 30.5 Å². The maximum atomic E-state index is 12.2. The highest BCUT2D eigenvalue weighted by atomic mass is 32.2. The molecule has 0 atom stereocenters. The zero-order chi connectivity index (χ0) is 18.3. The summed E-state index contributed by atoms with van der Waals surface area (Å²) in [6, 6.07) is 6.07. The molecule has 0 saturated heterocycles. The van der Waals surface area contributed by atoms with E-state index in [1.165, 1.54) is 11.8 Å². The van der Waals surface area contributed by atoms with Crippen LogP contribution in [0.2, 0.25) is 0 Å². The standard InChI is InChI=1S/C15H20N4O4S2/c1-3-4-9-16-14(20)19-25(21,22)10-11-7-5-6-8-12(11)13-17-18-15(23-13)24-2/h5-8H,3-4,9-10H2,1-2H3,(H2,16,19,20). The lowest BCUT2D eigenvalue weighted by Gasteiger charge is -2.10. The van der Waals surface area contributed by atoms with E-state index in [9.17, 15) is 13.2 Å². The summed E-state index contributed by atoms with van der Waals surface area (Å²) < 4.78 is 32.0. The van der Waals surface area contributed by atoms with Crippen molar-refractivity contribution in [3.8, 4) is 11.5 Å². The summed E-state index contributed by atoms with van der Waals surface area (Å²) in [6.07, 6.45) is 3.49. The summed E-state index contributed by atoms with van der Waals surface area (Å²) in [5, 5.41) is 10.7. The van der Waals surface area contributed by atoms with E-state index in [1.807, 2.05) is 11.6 Å².